The minimum Gasteiger partial charge on any atom is -0.495 e. The molecule has 7 heteroatoms. The number of anilines is 1. The number of methoxy groups -OCH3 is 2. The van der Waals surface area contributed by atoms with Crippen LogP contribution in [0.1, 0.15) is 5.56 Å². The monoisotopic (exact) mass is 398 g/mol. The van der Waals surface area contributed by atoms with Gasteiger partial charge in [0.1, 0.15) is 24.0 Å². The number of rotatable bonds is 8. The summed E-state index contributed by atoms with van der Waals surface area (Å²) in [5.74, 6) is 0.946. The molecule has 0 atom stereocenters. The number of hydrogen-bond donors (Lipinski definition) is 1. The molecular weight excluding hydrogens is 380 g/mol. The first kappa shape index (κ1) is 20.9. The summed E-state index contributed by atoms with van der Waals surface area (Å²) in [4.78, 5) is 12.4. The molecule has 0 saturated carbocycles. The standard InChI is InChI=1S/C21H19ClN2O4/c1-4-9-28-19-7-5-14(11-20(19)27-3)10-15(13-23)21(25)24-16-6-8-18(26-2)17(22)12-16/h4-8,10-12H,1,9H2,2-3H3,(H,24,25)/b15-10+. The van der Waals surface area contributed by atoms with Gasteiger partial charge in [0.2, 0.25) is 0 Å². The number of hydrogen-bond acceptors (Lipinski definition) is 5. The van der Waals surface area contributed by atoms with E-state index in [1.54, 1.807) is 42.5 Å². The molecule has 0 radical (unpaired) electrons. The van der Waals surface area contributed by atoms with Crippen LogP contribution in [0.3, 0.4) is 0 Å². The number of ether oxygens (including phenoxy) is 3. The van der Waals surface area contributed by atoms with E-state index in [9.17, 15) is 10.1 Å². The Morgan fingerprint density at radius 2 is 1.89 bits per heavy atom. The van der Waals surface area contributed by atoms with Crippen LogP contribution in [0.15, 0.2) is 54.6 Å². The summed E-state index contributed by atoms with van der Waals surface area (Å²) in [7, 11) is 3.01. The molecule has 2 aromatic rings. The lowest BCUT2D eigenvalue weighted by molar-refractivity contribution is -0.112. The van der Waals surface area contributed by atoms with Gasteiger partial charge in [0.05, 0.1) is 19.2 Å². The maximum Gasteiger partial charge on any atom is 0.266 e. The van der Waals surface area contributed by atoms with Crippen molar-refractivity contribution < 1.29 is 19.0 Å². The van der Waals surface area contributed by atoms with Crippen molar-refractivity contribution in [3.05, 3.63) is 65.2 Å². The molecule has 28 heavy (non-hydrogen) atoms. The first-order valence-electron chi connectivity index (χ1n) is 8.20. The quantitative estimate of drug-likeness (QED) is 0.403. The van der Waals surface area contributed by atoms with Gasteiger partial charge < -0.3 is 19.5 Å². The normalized spacial score (nSPS) is 10.6. The van der Waals surface area contributed by atoms with Gasteiger partial charge >= 0.3 is 0 Å². The Balaban J connectivity index is 2.22. The number of benzene rings is 2. The van der Waals surface area contributed by atoms with Gasteiger partial charge in [0, 0.05) is 5.69 Å². The highest BCUT2D eigenvalue weighted by molar-refractivity contribution is 6.32. The third kappa shape index (κ3) is 5.29. The summed E-state index contributed by atoms with van der Waals surface area (Å²) >= 11 is 6.05. The molecule has 1 N–H and O–H groups in total. The summed E-state index contributed by atoms with van der Waals surface area (Å²) in [6.07, 6.45) is 3.08. The Labute approximate surface area is 168 Å². The number of amides is 1. The van der Waals surface area contributed by atoms with Crippen molar-refractivity contribution in [2.24, 2.45) is 0 Å². The van der Waals surface area contributed by atoms with Crippen molar-refractivity contribution in [3.63, 3.8) is 0 Å². The highest BCUT2D eigenvalue weighted by atomic mass is 35.5. The van der Waals surface area contributed by atoms with Crippen LogP contribution in [-0.4, -0.2) is 26.7 Å². The lowest BCUT2D eigenvalue weighted by Crippen LogP contribution is -2.13. The molecule has 0 bridgehead atoms. The van der Waals surface area contributed by atoms with Crippen molar-refractivity contribution in [2.45, 2.75) is 0 Å². The van der Waals surface area contributed by atoms with Crippen molar-refractivity contribution in [1.29, 1.82) is 5.26 Å². The average molecular weight is 399 g/mol. The molecular formula is C21H19ClN2O4. The molecule has 1 amide bonds. The van der Waals surface area contributed by atoms with Crippen LogP contribution >= 0.6 is 11.6 Å². The number of carbonyl (C=O) groups is 1. The van der Waals surface area contributed by atoms with Gasteiger partial charge in [-0.05, 0) is 42.0 Å². The first-order valence-corrected chi connectivity index (χ1v) is 8.58. The third-order valence-electron chi connectivity index (χ3n) is 3.63. The molecule has 0 heterocycles. The third-order valence-corrected chi connectivity index (χ3v) is 3.93. The minimum absolute atomic E-state index is 0.0752. The zero-order valence-corrected chi connectivity index (χ0v) is 16.2. The van der Waals surface area contributed by atoms with Gasteiger partial charge in [-0.3, -0.25) is 4.79 Å². The predicted octanol–water partition coefficient (Wildman–Crippen LogP) is 4.47. The zero-order chi connectivity index (χ0) is 20.5. The number of nitrogens with zero attached hydrogens (tertiary/aromatic N) is 1. The second-order valence-electron chi connectivity index (χ2n) is 5.48. The van der Waals surface area contributed by atoms with Crippen LogP contribution in [-0.2, 0) is 4.79 Å². The van der Waals surface area contributed by atoms with Crippen molar-refractivity contribution in [2.75, 3.05) is 26.1 Å². The largest absolute Gasteiger partial charge is 0.495 e. The summed E-state index contributed by atoms with van der Waals surface area (Å²) in [6, 6.07) is 11.8. The van der Waals surface area contributed by atoms with Crippen molar-refractivity contribution >= 4 is 29.3 Å². The molecule has 0 aliphatic heterocycles. The minimum atomic E-state index is -0.560. The summed E-state index contributed by atoms with van der Waals surface area (Å²) in [6.45, 7) is 3.93. The van der Waals surface area contributed by atoms with Gasteiger partial charge in [-0.1, -0.05) is 30.3 Å². The number of halogens is 1. The zero-order valence-electron chi connectivity index (χ0n) is 15.5. The number of nitrogens with one attached hydrogen (secondary N) is 1. The predicted molar refractivity (Wildman–Crippen MR) is 109 cm³/mol. The first-order chi connectivity index (χ1) is 13.5. The van der Waals surface area contributed by atoms with Gasteiger partial charge in [0.15, 0.2) is 11.5 Å². The molecule has 2 aromatic carbocycles. The molecule has 0 aromatic heterocycles. The average Bonchev–Trinajstić information content (AvgIpc) is 2.70. The van der Waals surface area contributed by atoms with Crippen LogP contribution < -0.4 is 19.5 Å². The molecule has 6 nitrogen and oxygen atoms in total. The molecule has 0 aliphatic carbocycles. The topological polar surface area (TPSA) is 80.6 Å². The SMILES string of the molecule is C=CCOc1ccc(/C=C(\C#N)C(=O)Nc2ccc(OC)c(Cl)c2)cc1OC. The van der Waals surface area contributed by atoms with E-state index in [2.05, 4.69) is 11.9 Å². The van der Waals surface area contributed by atoms with Crippen LogP contribution in [0, 0.1) is 11.3 Å². The fourth-order valence-electron chi connectivity index (χ4n) is 2.30. The van der Waals surface area contributed by atoms with Gasteiger partial charge in [-0.2, -0.15) is 5.26 Å². The van der Waals surface area contributed by atoms with Crippen LogP contribution in [0.25, 0.3) is 6.08 Å². The lowest BCUT2D eigenvalue weighted by atomic mass is 10.1. The van der Waals surface area contributed by atoms with Crippen LogP contribution in [0.5, 0.6) is 17.2 Å². The lowest BCUT2D eigenvalue weighted by Gasteiger charge is -2.10. The van der Waals surface area contributed by atoms with E-state index in [0.29, 0.717) is 40.1 Å². The smallest absolute Gasteiger partial charge is 0.266 e. The Morgan fingerprint density at radius 1 is 1.18 bits per heavy atom. The molecule has 0 fully saturated rings. The molecule has 0 saturated heterocycles. The second kappa shape index (κ2) is 10.0. The Hall–Kier alpha value is -3.43. The maximum atomic E-state index is 12.4. The number of carbonyl (C=O) groups excluding carboxylic acids is 1. The Morgan fingerprint density at radius 3 is 2.50 bits per heavy atom. The van der Waals surface area contributed by atoms with E-state index in [-0.39, 0.29) is 5.57 Å². The summed E-state index contributed by atoms with van der Waals surface area (Å²) in [5, 5.41) is 12.4. The summed E-state index contributed by atoms with van der Waals surface area (Å²) < 4.78 is 15.9. The highest BCUT2D eigenvalue weighted by Crippen LogP contribution is 2.30. The van der Waals surface area contributed by atoms with E-state index in [1.165, 1.54) is 20.3 Å². The number of nitriles is 1. The fourth-order valence-corrected chi connectivity index (χ4v) is 2.56. The van der Waals surface area contributed by atoms with E-state index >= 15 is 0 Å². The van der Waals surface area contributed by atoms with Gasteiger partial charge in [-0.15, -0.1) is 0 Å². The van der Waals surface area contributed by atoms with Crippen molar-refractivity contribution in [3.8, 4) is 23.3 Å². The van der Waals surface area contributed by atoms with Crippen LogP contribution in [0.2, 0.25) is 5.02 Å². The van der Waals surface area contributed by atoms with Gasteiger partial charge in [0.25, 0.3) is 5.91 Å². The van der Waals surface area contributed by atoms with E-state index in [1.807, 2.05) is 6.07 Å². The Kier molecular flexibility index (Phi) is 7.49. The van der Waals surface area contributed by atoms with Gasteiger partial charge in [-0.25, -0.2) is 0 Å². The maximum absolute atomic E-state index is 12.4. The van der Waals surface area contributed by atoms with E-state index in [4.69, 9.17) is 25.8 Å². The summed E-state index contributed by atoms with van der Waals surface area (Å²) in [5.41, 5.74) is 0.985. The van der Waals surface area contributed by atoms with Crippen LogP contribution in [0.4, 0.5) is 5.69 Å². The molecule has 0 aliphatic rings. The molecule has 0 spiro atoms. The highest BCUT2D eigenvalue weighted by Gasteiger charge is 2.12. The fraction of sp³-hybridized carbons (Fsp3) is 0.143. The van der Waals surface area contributed by atoms with E-state index in [0.717, 1.165) is 0 Å². The molecule has 0 unspecified atom stereocenters. The molecule has 2 rings (SSSR count). The van der Waals surface area contributed by atoms with Crippen molar-refractivity contribution in [1.82, 2.24) is 0 Å². The molecule has 144 valence electrons. The Bertz CT molecular complexity index is 948. The second-order valence-corrected chi connectivity index (χ2v) is 5.89. The van der Waals surface area contributed by atoms with E-state index < -0.39 is 5.91 Å².